The number of nitrogens with one attached hydrogen (secondary N) is 1. The van der Waals surface area contributed by atoms with E-state index in [0.29, 0.717) is 11.0 Å². The highest BCUT2D eigenvalue weighted by atomic mass is 35.5. The SMILES string of the molecule is CC[C@](C)(CNc1cc(Cl)nc(N)n1)N1CCOCC1. The summed E-state index contributed by atoms with van der Waals surface area (Å²) in [5.41, 5.74) is 5.65. The lowest BCUT2D eigenvalue weighted by atomic mass is 9.95. The fourth-order valence-electron chi connectivity index (χ4n) is 2.37. The number of aromatic nitrogens is 2. The molecule has 2 rings (SSSR count). The molecule has 0 radical (unpaired) electrons. The molecule has 112 valence electrons. The van der Waals surface area contributed by atoms with Crippen molar-refractivity contribution in [2.24, 2.45) is 0 Å². The van der Waals surface area contributed by atoms with E-state index in [9.17, 15) is 0 Å². The minimum Gasteiger partial charge on any atom is -0.379 e. The van der Waals surface area contributed by atoms with Crippen LogP contribution in [0.5, 0.6) is 0 Å². The summed E-state index contributed by atoms with van der Waals surface area (Å²) >= 11 is 5.88. The molecule has 6 nitrogen and oxygen atoms in total. The number of nitrogen functional groups attached to an aromatic ring is 1. The van der Waals surface area contributed by atoms with Crippen molar-refractivity contribution in [2.75, 3.05) is 43.9 Å². The Bertz CT molecular complexity index is 432. The minimum absolute atomic E-state index is 0.0516. The smallest absolute Gasteiger partial charge is 0.223 e. The van der Waals surface area contributed by atoms with E-state index in [4.69, 9.17) is 22.1 Å². The number of ether oxygens (including phenoxy) is 1. The number of anilines is 2. The maximum absolute atomic E-state index is 5.88. The highest BCUT2D eigenvalue weighted by Gasteiger charge is 2.31. The van der Waals surface area contributed by atoms with Crippen molar-refractivity contribution in [2.45, 2.75) is 25.8 Å². The van der Waals surface area contributed by atoms with Crippen LogP contribution in [-0.2, 0) is 4.74 Å². The third-order valence-electron chi connectivity index (χ3n) is 3.90. The molecule has 0 unspecified atom stereocenters. The van der Waals surface area contributed by atoms with Gasteiger partial charge >= 0.3 is 0 Å². The second-order valence-corrected chi connectivity index (χ2v) is 5.62. The third kappa shape index (κ3) is 3.71. The molecule has 1 aliphatic rings. The van der Waals surface area contributed by atoms with Crippen molar-refractivity contribution in [3.63, 3.8) is 0 Å². The first-order chi connectivity index (χ1) is 9.53. The maximum atomic E-state index is 5.88. The average molecular weight is 300 g/mol. The molecule has 0 aliphatic carbocycles. The molecule has 1 aromatic rings. The normalized spacial score (nSPS) is 19.6. The molecule has 1 aromatic heterocycles. The molecule has 2 heterocycles. The monoisotopic (exact) mass is 299 g/mol. The van der Waals surface area contributed by atoms with Crippen LogP contribution in [0.25, 0.3) is 0 Å². The molecule has 3 N–H and O–H groups in total. The summed E-state index contributed by atoms with van der Waals surface area (Å²) in [6.45, 7) is 8.72. The molecule has 0 amide bonds. The predicted octanol–water partition coefficient (Wildman–Crippen LogP) is 1.63. The first kappa shape index (κ1) is 15.3. The second-order valence-electron chi connectivity index (χ2n) is 5.24. The quantitative estimate of drug-likeness (QED) is 0.805. The maximum Gasteiger partial charge on any atom is 0.223 e. The van der Waals surface area contributed by atoms with Gasteiger partial charge in [-0.25, -0.2) is 4.98 Å². The molecule has 7 heteroatoms. The summed E-state index contributed by atoms with van der Waals surface area (Å²) < 4.78 is 5.42. The van der Waals surface area contributed by atoms with Crippen LogP contribution in [-0.4, -0.2) is 53.3 Å². The van der Waals surface area contributed by atoms with E-state index >= 15 is 0 Å². The third-order valence-corrected chi connectivity index (χ3v) is 4.09. The van der Waals surface area contributed by atoms with Crippen LogP contribution in [0.3, 0.4) is 0 Å². The fourth-order valence-corrected chi connectivity index (χ4v) is 2.56. The number of hydrogen-bond acceptors (Lipinski definition) is 6. The first-order valence-corrected chi connectivity index (χ1v) is 7.28. The Labute approximate surface area is 124 Å². The molecule has 1 fully saturated rings. The minimum atomic E-state index is 0.0516. The second kappa shape index (κ2) is 6.56. The fraction of sp³-hybridized carbons (Fsp3) is 0.692. The van der Waals surface area contributed by atoms with Gasteiger partial charge in [0.05, 0.1) is 13.2 Å². The molecule has 0 spiro atoms. The summed E-state index contributed by atoms with van der Waals surface area (Å²) in [6.07, 6.45) is 1.04. The first-order valence-electron chi connectivity index (χ1n) is 6.90. The van der Waals surface area contributed by atoms with Crippen LogP contribution in [0.4, 0.5) is 11.8 Å². The molecule has 0 aromatic carbocycles. The number of nitrogens with two attached hydrogens (primary N) is 1. The number of halogens is 1. The van der Waals surface area contributed by atoms with Gasteiger partial charge in [-0.3, -0.25) is 4.90 Å². The standard InChI is InChI=1S/C13H22ClN5O/c1-3-13(2,19-4-6-20-7-5-19)9-16-11-8-10(14)17-12(15)18-11/h8H,3-7,9H2,1-2H3,(H3,15,16,17,18)/t13-/m1/s1. The van der Waals surface area contributed by atoms with Crippen molar-refractivity contribution < 1.29 is 4.74 Å². The van der Waals surface area contributed by atoms with Crippen LogP contribution in [0, 0.1) is 0 Å². The predicted molar refractivity (Wildman–Crippen MR) is 81.0 cm³/mol. The molecule has 1 aliphatic heterocycles. The zero-order valence-corrected chi connectivity index (χ0v) is 12.8. The summed E-state index contributed by atoms with van der Waals surface area (Å²) in [5, 5.41) is 3.67. The Kier molecular flexibility index (Phi) is 5.01. The van der Waals surface area contributed by atoms with Gasteiger partial charge in [0.2, 0.25) is 5.95 Å². The summed E-state index contributed by atoms with van der Waals surface area (Å²) in [4.78, 5) is 10.5. The van der Waals surface area contributed by atoms with Crippen molar-refractivity contribution in [3.8, 4) is 0 Å². The molecule has 0 saturated carbocycles. The van der Waals surface area contributed by atoms with Crippen molar-refractivity contribution in [3.05, 3.63) is 11.2 Å². The van der Waals surface area contributed by atoms with E-state index in [1.165, 1.54) is 0 Å². The Morgan fingerprint density at radius 1 is 1.45 bits per heavy atom. The average Bonchev–Trinajstić information content (AvgIpc) is 2.45. The lowest BCUT2D eigenvalue weighted by Gasteiger charge is -2.43. The number of nitrogens with zero attached hydrogens (tertiary/aromatic N) is 3. The van der Waals surface area contributed by atoms with Gasteiger partial charge in [0.25, 0.3) is 0 Å². The van der Waals surface area contributed by atoms with Gasteiger partial charge in [0.15, 0.2) is 0 Å². The summed E-state index contributed by atoms with van der Waals surface area (Å²) in [7, 11) is 0. The Morgan fingerprint density at radius 2 is 2.15 bits per heavy atom. The van der Waals surface area contributed by atoms with Gasteiger partial charge < -0.3 is 15.8 Å². The topological polar surface area (TPSA) is 76.3 Å². The van der Waals surface area contributed by atoms with E-state index in [1.54, 1.807) is 6.07 Å². The van der Waals surface area contributed by atoms with Crippen LogP contribution >= 0.6 is 11.6 Å². The van der Waals surface area contributed by atoms with Gasteiger partial charge in [0, 0.05) is 31.2 Å². The zero-order chi connectivity index (χ0) is 14.6. The van der Waals surface area contributed by atoms with E-state index in [1.807, 2.05) is 0 Å². The van der Waals surface area contributed by atoms with Crippen molar-refractivity contribution in [1.82, 2.24) is 14.9 Å². The van der Waals surface area contributed by atoms with Crippen molar-refractivity contribution in [1.29, 1.82) is 0 Å². The molecule has 1 saturated heterocycles. The van der Waals surface area contributed by atoms with Gasteiger partial charge in [-0.2, -0.15) is 4.98 Å². The lowest BCUT2D eigenvalue weighted by Crippen LogP contribution is -2.54. The Hall–Kier alpha value is -1.11. The van der Waals surface area contributed by atoms with Gasteiger partial charge in [-0.05, 0) is 13.3 Å². The number of morpholine rings is 1. The Balaban J connectivity index is 2.02. The van der Waals surface area contributed by atoms with Gasteiger partial charge in [-0.15, -0.1) is 0 Å². The van der Waals surface area contributed by atoms with Crippen LogP contribution in [0.1, 0.15) is 20.3 Å². The summed E-state index contributed by atoms with van der Waals surface area (Å²) in [5.74, 6) is 0.847. The van der Waals surface area contributed by atoms with E-state index in [-0.39, 0.29) is 11.5 Å². The highest BCUT2D eigenvalue weighted by molar-refractivity contribution is 6.29. The van der Waals surface area contributed by atoms with Gasteiger partial charge in [-0.1, -0.05) is 18.5 Å². The van der Waals surface area contributed by atoms with Crippen LogP contribution in [0.15, 0.2) is 6.07 Å². The van der Waals surface area contributed by atoms with E-state index < -0.39 is 0 Å². The highest BCUT2D eigenvalue weighted by Crippen LogP contribution is 2.22. The van der Waals surface area contributed by atoms with Gasteiger partial charge in [0.1, 0.15) is 11.0 Å². The zero-order valence-electron chi connectivity index (χ0n) is 12.0. The van der Waals surface area contributed by atoms with E-state index in [0.717, 1.165) is 39.3 Å². The Morgan fingerprint density at radius 3 is 2.75 bits per heavy atom. The summed E-state index contributed by atoms with van der Waals surface area (Å²) in [6, 6.07) is 1.69. The van der Waals surface area contributed by atoms with Crippen molar-refractivity contribution >= 4 is 23.4 Å². The molecular formula is C13H22ClN5O. The molecular weight excluding hydrogens is 278 g/mol. The van der Waals surface area contributed by atoms with Crippen LogP contribution < -0.4 is 11.1 Å². The molecule has 0 bridgehead atoms. The van der Waals surface area contributed by atoms with E-state index in [2.05, 4.69) is 34.0 Å². The van der Waals surface area contributed by atoms with Crippen LogP contribution in [0.2, 0.25) is 5.15 Å². The molecule has 1 atom stereocenters. The molecule has 20 heavy (non-hydrogen) atoms. The lowest BCUT2D eigenvalue weighted by molar-refractivity contribution is -0.0131. The largest absolute Gasteiger partial charge is 0.379 e. The number of rotatable bonds is 5. The number of hydrogen-bond donors (Lipinski definition) is 2.